The zero-order chi connectivity index (χ0) is 26.4. The number of amides is 1. The highest BCUT2D eigenvalue weighted by Crippen LogP contribution is 2.48. The zero-order valence-electron chi connectivity index (χ0n) is 19.5. The van der Waals surface area contributed by atoms with Gasteiger partial charge in [-0.1, -0.05) is 0 Å². The predicted molar refractivity (Wildman–Crippen MR) is 133 cm³/mol. The number of hydrogen-bond donors (Lipinski definition) is 2. The average molecular weight is 529 g/mol. The highest BCUT2D eigenvalue weighted by Gasteiger charge is 2.31. The molecule has 1 amide bonds. The number of anilines is 2. The van der Waals surface area contributed by atoms with Gasteiger partial charge in [-0.2, -0.15) is 0 Å². The first kappa shape index (κ1) is 24.8. The van der Waals surface area contributed by atoms with Crippen molar-refractivity contribution in [3.63, 3.8) is 0 Å². The minimum atomic E-state index is -2.82. The summed E-state index contributed by atoms with van der Waals surface area (Å²) in [6, 6.07) is 10.6. The minimum absolute atomic E-state index is 0.0343. The molecule has 1 atom stereocenters. The third-order valence-corrected chi connectivity index (χ3v) is 7.01. The summed E-state index contributed by atoms with van der Waals surface area (Å²) in [6.45, 7) is -0.358. The molecular formula is C26H21F3N3O4S-. The molecule has 3 aromatic carbocycles. The first-order chi connectivity index (χ1) is 17.7. The molecule has 1 saturated carbocycles. The maximum absolute atomic E-state index is 14.0. The number of nitrogens with one attached hydrogen (secondary N) is 1. The van der Waals surface area contributed by atoms with Gasteiger partial charge >= 0.3 is 0 Å². The van der Waals surface area contributed by atoms with E-state index < -0.39 is 40.3 Å². The summed E-state index contributed by atoms with van der Waals surface area (Å²) in [5, 5.41) is 3.05. The van der Waals surface area contributed by atoms with Gasteiger partial charge in [-0.15, -0.1) is 0 Å². The maximum atomic E-state index is 14.0. The van der Waals surface area contributed by atoms with E-state index in [1.807, 2.05) is 0 Å². The molecule has 37 heavy (non-hydrogen) atoms. The number of hydrogen-bond acceptors (Lipinski definition) is 5. The SMILES string of the molecule is CNC(=O)c1c(-c2ccc(F)cc2)oc2cc(N(Cc3cc(F)c(N)c(F)c3)S(=O)[O-])c(C3CC3)cc12. The molecule has 3 N–H and O–H groups in total. The number of carbonyl (C=O) groups is 1. The summed E-state index contributed by atoms with van der Waals surface area (Å²) >= 11 is -2.82. The van der Waals surface area contributed by atoms with Gasteiger partial charge in [0.25, 0.3) is 5.91 Å². The van der Waals surface area contributed by atoms with Crippen LogP contribution in [0.1, 0.15) is 40.2 Å². The molecular weight excluding hydrogens is 507 g/mol. The van der Waals surface area contributed by atoms with Gasteiger partial charge < -0.3 is 20.0 Å². The van der Waals surface area contributed by atoms with E-state index in [1.165, 1.54) is 37.4 Å². The maximum Gasteiger partial charge on any atom is 0.255 e. The number of fused-ring (bicyclic) bond motifs is 1. The van der Waals surface area contributed by atoms with E-state index in [-0.39, 0.29) is 40.6 Å². The Morgan fingerprint density at radius 1 is 1.14 bits per heavy atom. The largest absolute Gasteiger partial charge is 0.755 e. The van der Waals surface area contributed by atoms with Crippen molar-refractivity contribution in [1.82, 2.24) is 5.32 Å². The van der Waals surface area contributed by atoms with Crippen LogP contribution in [0.3, 0.4) is 0 Å². The Kier molecular flexibility index (Phi) is 6.42. The second kappa shape index (κ2) is 9.56. The Labute approximate surface area is 212 Å². The first-order valence-corrected chi connectivity index (χ1v) is 12.4. The number of nitrogens with two attached hydrogens (primary N) is 1. The summed E-state index contributed by atoms with van der Waals surface area (Å²) in [5.74, 6) is -2.63. The lowest BCUT2D eigenvalue weighted by atomic mass is 10.00. The highest BCUT2D eigenvalue weighted by atomic mass is 32.2. The molecule has 0 spiro atoms. The molecule has 192 valence electrons. The molecule has 7 nitrogen and oxygen atoms in total. The highest BCUT2D eigenvalue weighted by molar-refractivity contribution is 7.80. The molecule has 1 aliphatic carbocycles. The van der Waals surface area contributed by atoms with Crippen LogP contribution in [0, 0.1) is 17.5 Å². The van der Waals surface area contributed by atoms with Crippen LogP contribution >= 0.6 is 0 Å². The van der Waals surface area contributed by atoms with E-state index in [1.54, 1.807) is 6.07 Å². The van der Waals surface area contributed by atoms with Gasteiger partial charge in [0.1, 0.15) is 34.5 Å². The lowest BCUT2D eigenvalue weighted by Gasteiger charge is -2.29. The van der Waals surface area contributed by atoms with Gasteiger partial charge in [-0.25, -0.2) is 13.2 Å². The first-order valence-electron chi connectivity index (χ1n) is 11.4. The van der Waals surface area contributed by atoms with Crippen LogP contribution in [0.25, 0.3) is 22.3 Å². The molecule has 0 saturated heterocycles. The summed E-state index contributed by atoms with van der Waals surface area (Å²) < 4.78 is 73.3. The van der Waals surface area contributed by atoms with Gasteiger partial charge in [0.05, 0.1) is 17.8 Å². The summed E-state index contributed by atoms with van der Waals surface area (Å²) in [4.78, 5) is 12.9. The van der Waals surface area contributed by atoms with Crippen LogP contribution < -0.4 is 15.4 Å². The lowest BCUT2D eigenvalue weighted by Crippen LogP contribution is -2.26. The lowest BCUT2D eigenvalue weighted by molar-refractivity contribution is 0.0964. The van der Waals surface area contributed by atoms with Crippen LogP contribution in [0.4, 0.5) is 24.5 Å². The standard InChI is InChI=1S/C26H22F3N3O4S/c1-31-26(33)23-18-10-17(14-2-3-14)21(11-22(18)36-25(23)15-4-6-16(27)7-5-15)32(37(34)35)12-13-8-19(28)24(30)20(29)9-13/h4-11,14H,2-3,12,30H2,1H3,(H,31,33)(H,34,35)/p-1. The van der Waals surface area contributed by atoms with E-state index in [4.69, 9.17) is 10.2 Å². The van der Waals surface area contributed by atoms with Gasteiger partial charge in [-0.3, -0.25) is 13.3 Å². The van der Waals surface area contributed by atoms with Crippen molar-refractivity contribution in [2.75, 3.05) is 17.1 Å². The van der Waals surface area contributed by atoms with E-state index in [0.717, 1.165) is 29.3 Å². The number of nitrogen functional groups attached to an aromatic ring is 1. The van der Waals surface area contributed by atoms with Gasteiger partial charge in [0.2, 0.25) is 0 Å². The fourth-order valence-electron chi connectivity index (χ4n) is 4.35. The molecule has 1 fully saturated rings. The van der Waals surface area contributed by atoms with Crippen molar-refractivity contribution >= 4 is 39.5 Å². The fourth-order valence-corrected chi connectivity index (χ4v) is 4.93. The molecule has 11 heteroatoms. The third-order valence-electron chi connectivity index (χ3n) is 6.33. The van der Waals surface area contributed by atoms with Gasteiger partial charge in [-0.05, 0) is 72.4 Å². The zero-order valence-corrected chi connectivity index (χ0v) is 20.3. The topological polar surface area (TPSA) is 112 Å². The minimum Gasteiger partial charge on any atom is -0.755 e. The normalized spacial score (nSPS) is 14.1. The van der Waals surface area contributed by atoms with Crippen molar-refractivity contribution in [2.24, 2.45) is 0 Å². The van der Waals surface area contributed by atoms with Crippen LogP contribution in [-0.2, 0) is 17.8 Å². The summed E-state index contributed by atoms with van der Waals surface area (Å²) in [7, 11) is 1.47. The Morgan fingerprint density at radius 2 is 1.78 bits per heavy atom. The second-order valence-electron chi connectivity index (χ2n) is 8.80. The van der Waals surface area contributed by atoms with E-state index in [9.17, 15) is 26.7 Å². The number of benzene rings is 3. The van der Waals surface area contributed by atoms with Crippen molar-refractivity contribution in [3.8, 4) is 11.3 Å². The fraction of sp³-hybridized carbons (Fsp3) is 0.192. The molecule has 0 radical (unpaired) electrons. The smallest absolute Gasteiger partial charge is 0.255 e. The van der Waals surface area contributed by atoms with E-state index in [2.05, 4.69) is 5.32 Å². The summed E-state index contributed by atoms with van der Waals surface area (Å²) in [6.07, 6.45) is 1.61. The van der Waals surface area contributed by atoms with Crippen LogP contribution in [0.2, 0.25) is 0 Å². The number of halogens is 3. The van der Waals surface area contributed by atoms with Crippen molar-refractivity contribution < 1.29 is 31.1 Å². The molecule has 0 bridgehead atoms. The Balaban J connectivity index is 1.69. The quantitative estimate of drug-likeness (QED) is 0.255. The molecule has 0 aliphatic heterocycles. The average Bonchev–Trinajstić information content (AvgIpc) is 3.65. The third kappa shape index (κ3) is 4.67. The number of furan rings is 1. The monoisotopic (exact) mass is 528 g/mol. The number of rotatable bonds is 7. The summed E-state index contributed by atoms with van der Waals surface area (Å²) in [5.41, 5.74) is 6.60. The molecule has 1 heterocycles. The van der Waals surface area contributed by atoms with E-state index in [0.29, 0.717) is 16.5 Å². The predicted octanol–water partition coefficient (Wildman–Crippen LogP) is 5.14. The van der Waals surface area contributed by atoms with Crippen LogP contribution in [0.15, 0.2) is 52.9 Å². The second-order valence-corrected chi connectivity index (χ2v) is 9.68. The van der Waals surface area contributed by atoms with Gasteiger partial charge in [0, 0.05) is 35.3 Å². The molecule has 5 rings (SSSR count). The Hall–Kier alpha value is -3.83. The van der Waals surface area contributed by atoms with Gasteiger partial charge in [0.15, 0.2) is 0 Å². The Bertz CT molecular complexity index is 1530. The molecule has 4 aromatic rings. The van der Waals surface area contributed by atoms with E-state index >= 15 is 0 Å². The van der Waals surface area contributed by atoms with Crippen LogP contribution in [0.5, 0.6) is 0 Å². The van der Waals surface area contributed by atoms with Crippen LogP contribution in [-0.4, -0.2) is 21.7 Å². The molecule has 1 aromatic heterocycles. The molecule has 1 unspecified atom stereocenters. The van der Waals surface area contributed by atoms with Crippen molar-refractivity contribution in [2.45, 2.75) is 25.3 Å². The molecule has 1 aliphatic rings. The van der Waals surface area contributed by atoms with Crippen molar-refractivity contribution in [1.29, 1.82) is 0 Å². The Morgan fingerprint density at radius 3 is 2.35 bits per heavy atom. The number of nitrogens with zero attached hydrogens (tertiary/aromatic N) is 1. The number of carbonyl (C=O) groups excluding carboxylic acids is 1. The van der Waals surface area contributed by atoms with Crippen molar-refractivity contribution in [3.05, 3.63) is 82.7 Å².